The third-order valence-corrected chi connectivity index (χ3v) is 4.85. The number of rotatable bonds is 2. The topological polar surface area (TPSA) is 50.8 Å². The number of fused-ring (bicyclic) bond motifs is 1. The van der Waals surface area contributed by atoms with Crippen LogP contribution in [0, 0.1) is 6.92 Å². The largest absolute Gasteiger partial charge is 0.486 e. The quantitative estimate of drug-likeness (QED) is 0.895. The molecule has 2 amide bonds. The molecular formula is C20H22N2O3. The highest BCUT2D eigenvalue weighted by Gasteiger charge is 2.30. The van der Waals surface area contributed by atoms with E-state index in [0.717, 1.165) is 30.8 Å². The average molecular weight is 338 g/mol. The van der Waals surface area contributed by atoms with Gasteiger partial charge in [-0.25, -0.2) is 4.79 Å². The van der Waals surface area contributed by atoms with Crippen molar-refractivity contribution < 1.29 is 14.3 Å². The minimum absolute atomic E-state index is 0.0672. The second kappa shape index (κ2) is 6.67. The predicted octanol–water partition coefficient (Wildman–Crippen LogP) is 4.14. The number of ether oxygens (including phenoxy) is 2. The van der Waals surface area contributed by atoms with E-state index in [1.165, 1.54) is 11.1 Å². The lowest BCUT2D eigenvalue weighted by atomic mass is 9.99. The molecule has 5 heteroatoms. The number of carbonyl (C=O) groups excluding carboxylic acids is 1. The van der Waals surface area contributed by atoms with Crippen LogP contribution < -0.4 is 14.8 Å². The van der Waals surface area contributed by atoms with E-state index in [4.69, 9.17) is 9.47 Å². The van der Waals surface area contributed by atoms with Crippen LogP contribution in [-0.4, -0.2) is 30.7 Å². The number of anilines is 1. The summed E-state index contributed by atoms with van der Waals surface area (Å²) >= 11 is 0. The van der Waals surface area contributed by atoms with Crippen molar-refractivity contribution in [1.29, 1.82) is 0 Å². The maximum atomic E-state index is 12.8. The number of amides is 2. The Bertz CT molecular complexity index is 790. The van der Waals surface area contributed by atoms with Crippen molar-refractivity contribution in [2.75, 3.05) is 25.1 Å². The molecule has 0 spiro atoms. The zero-order valence-corrected chi connectivity index (χ0v) is 14.3. The first-order valence-electron chi connectivity index (χ1n) is 8.75. The van der Waals surface area contributed by atoms with E-state index >= 15 is 0 Å². The molecule has 2 heterocycles. The molecule has 0 aliphatic carbocycles. The van der Waals surface area contributed by atoms with Crippen LogP contribution in [0.5, 0.6) is 11.5 Å². The number of urea groups is 1. The van der Waals surface area contributed by atoms with Crippen LogP contribution in [0.4, 0.5) is 10.5 Å². The van der Waals surface area contributed by atoms with Gasteiger partial charge in [-0.05, 0) is 43.0 Å². The molecule has 2 aromatic rings. The highest BCUT2D eigenvalue weighted by atomic mass is 16.6. The minimum Gasteiger partial charge on any atom is -0.486 e. The predicted molar refractivity (Wildman–Crippen MR) is 96.3 cm³/mol. The van der Waals surface area contributed by atoms with E-state index < -0.39 is 0 Å². The van der Waals surface area contributed by atoms with Crippen LogP contribution in [0.1, 0.15) is 30.0 Å². The first kappa shape index (κ1) is 15.8. The van der Waals surface area contributed by atoms with Crippen molar-refractivity contribution in [1.82, 2.24) is 4.90 Å². The van der Waals surface area contributed by atoms with Gasteiger partial charge in [0, 0.05) is 18.3 Å². The molecular weight excluding hydrogens is 316 g/mol. The minimum atomic E-state index is -0.0672. The maximum absolute atomic E-state index is 12.8. The van der Waals surface area contributed by atoms with Crippen molar-refractivity contribution in [2.45, 2.75) is 25.8 Å². The Hall–Kier alpha value is -2.69. The summed E-state index contributed by atoms with van der Waals surface area (Å²) in [7, 11) is 0. The fourth-order valence-electron chi connectivity index (χ4n) is 3.61. The number of hydrogen-bond donors (Lipinski definition) is 1. The van der Waals surface area contributed by atoms with Gasteiger partial charge in [-0.1, -0.05) is 24.3 Å². The van der Waals surface area contributed by atoms with Crippen molar-refractivity contribution >= 4 is 11.7 Å². The first-order valence-corrected chi connectivity index (χ1v) is 8.75. The first-order chi connectivity index (χ1) is 12.2. The Balaban J connectivity index is 1.51. The van der Waals surface area contributed by atoms with Gasteiger partial charge in [-0.15, -0.1) is 0 Å². The molecule has 1 unspecified atom stereocenters. The third kappa shape index (κ3) is 3.14. The van der Waals surface area contributed by atoms with Crippen LogP contribution in [0.15, 0.2) is 42.5 Å². The molecule has 0 aromatic heterocycles. The van der Waals surface area contributed by atoms with Crippen LogP contribution in [0.2, 0.25) is 0 Å². The van der Waals surface area contributed by atoms with Gasteiger partial charge in [0.25, 0.3) is 0 Å². The zero-order valence-electron chi connectivity index (χ0n) is 14.3. The zero-order chi connectivity index (χ0) is 17.2. The third-order valence-electron chi connectivity index (χ3n) is 4.85. The van der Waals surface area contributed by atoms with Crippen LogP contribution in [0.25, 0.3) is 0 Å². The molecule has 2 aliphatic rings. The van der Waals surface area contributed by atoms with Gasteiger partial charge in [0.15, 0.2) is 11.5 Å². The Labute approximate surface area is 147 Å². The van der Waals surface area contributed by atoms with E-state index in [2.05, 4.69) is 24.4 Å². The molecule has 0 radical (unpaired) electrons. The summed E-state index contributed by atoms with van der Waals surface area (Å²) in [6.07, 6.45) is 2.02. The number of benzene rings is 2. The SMILES string of the molecule is Cc1ccccc1C1CCCN1C(=O)Nc1ccc2c(c1)OCCO2. The van der Waals surface area contributed by atoms with Crippen LogP contribution in [-0.2, 0) is 0 Å². The molecule has 4 rings (SSSR count). The van der Waals surface area contributed by atoms with Gasteiger partial charge >= 0.3 is 6.03 Å². The highest BCUT2D eigenvalue weighted by molar-refractivity contribution is 5.90. The number of hydrogen-bond acceptors (Lipinski definition) is 3. The molecule has 0 bridgehead atoms. The molecule has 25 heavy (non-hydrogen) atoms. The number of nitrogens with one attached hydrogen (secondary N) is 1. The number of likely N-dealkylation sites (tertiary alicyclic amines) is 1. The molecule has 2 aromatic carbocycles. The standard InChI is InChI=1S/C20H22N2O3/c1-14-5-2-3-6-16(14)17-7-4-10-22(17)20(23)21-15-8-9-18-19(13-15)25-12-11-24-18/h2-3,5-6,8-9,13,17H,4,7,10-12H2,1H3,(H,21,23). The number of nitrogens with zero attached hydrogens (tertiary/aromatic N) is 1. The van der Waals surface area contributed by atoms with Gasteiger partial charge in [-0.3, -0.25) is 0 Å². The lowest BCUT2D eigenvalue weighted by Crippen LogP contribution is -2.34. The summed E-state index contributed by atoms with van der Waals surface area (Å²) in [6.45, 7) is 3.97. The summed E-state index contributed by atoms with van der Waals surface area (Å²) in [5.74, 6) is 1.41. The molecule has 1 atom stereocenters. The van der Waals surface area contributed by atoms with E-state index in [1.54, 1.807) is 0 Å². The summed E-state index contributed by atoms with van der Waals surface area (Å²) in [5.41, 5.74) is 3.19. The second-order valence-electron chi connectivity index (χ2n) is 6.50. The number of aryl methyl sites for hydroxylation is 1. The normalized spacial score (nSPS) is 18.9. The highest BCUT2D eigenvalue weighted by Crippen LogP contribution is 2.35. The van der Waals surface area contributed by atoms with Crippen molar-refractivity contribution in [2.24, 2.45) is 0 Å². The van der Waals surface area contributed by atoms with Crippen molar-refractivity contribution in [3.63, 3.8) is 0 Å². The summed E-state index contributed by atoms with van der Waals surface area (Å²) in [4.78, 5) is 14.8. The fourth-order valence-corrected chi connectivity index (χ4v) is 3.61. The molecule has 2 aliphatic heterocycles. The maximum Gasteiger partial charge on any atom is 0.322 e. The summed E-state index contributed by atoms with van der Waals surface area (Å²) in [6, 6.07) is 13.9. The van der Waals surface area contributed by atoms with Gasteiger partial charge in [0.2, 0.25) is 0 Å². The second-order valence-corrected chi connectivity index (χ2v) is 6.50. The fraction of sp³-hybridized carbons (Fsp3) is 0.350. The van der Waals surface area contributed by atoms with E-state index in [-0.39, 0.29) is 12.1 Å². The summed E-state index contributed by atoms with van der Waals surface area (Å²) in [5, 5.41) is 3.00. The average Bonchev–Trinajstić information content (AvgIpc) is 3.11. The Morgan fingerprint density at radius 1 is 1.12 bits per heavy atom. The van der Waals surface area contributed by atoms with Crippen LogP contribution >= 0.6 is 0 Å². The van der Waals surface area contributed by atoms with Gasteiger partial charge in [0.05, 0.1) is 6.04 Å². The number of carbonyl (C=O) groups is 1. The molecule has 1 saturated heterocycles. The Morgan fingerprint density at radius 3 is 2.76 bits per heavy atom. The van der Waals surface area contributed by atoms with E-state index in [1.807, 2.05) is 35.2 Å². The van der Waals surface area contributed by atoms with Crippen LogP contribution in [0.3, 0.4) is 0 Å². The smallest absolute Gasteiger partial charge is 0.322 e. The van der Waals surface area contributed by atoms with Gasteiger partial charge in [-0.2, -0.15) is 0 Å². The van der Waals surface area contributed by atoms with Crippen molar-refractivity contribution in [3.05, 3.63) is 53.6 Å². The Kier molecular flexibility index (Phi) is 4.22. The molecule has 130 valence electrons. The van der Waals surface area contributed by atoms with Gasteiger partial charge in [0.1, 0.15) is 13.2 Å². The summed E-state index contributed by atoms with van der Waals surface area (Å²) < 4.78 is 11.1. The van der Waals surface area contributed by atoms with Crippen molar-refractivity contribution in [3.8, 4) is 11.5 Å². The molecule has 5 nitrogen and oxygen atoms in total. The molecule has 1 N–H and O–H groups in total. The molecule has 1 fully saturated rings. The van der Waals surface area contributed by atoms with E-state index in [9.17, 15) is 4.79 Å². The monoisotopic (exact) mass is 338 g/mol. The lowest BCUT2D eigenvalue weighted by Gasteiger charge is -2.27. The van der Waals surface area contributed by atoms with E-state index in [0.29, 0.717) is 19.0 Å². The Morgan fingerprint density at radius 2 is 1.92 bits per heavy atom. The molecule has 0 saturated carbocycles. The lowest BCUT2D eigenvalue weighted by molar-refractivity contribution is 0.171. The van der Waals surface area contributed by atoms with Gasteiger partial charge < -0.3 is 19.7 Å².